The monoisotopic (exact) mass is 396 g/mol. The Morgan fingerprint density at radius 2 is 1.71 bits per heavy atom. The maximum absolute atomic E-state index is 12.8. The average molecular weight is 396 g/mol. The van der Waals surface area contributed by atoms with Gasteiger partial charge in [0.15, 0.2) is 5.75 Å². The minimum absolute atomic E-state index is 0.000509. The van der Waals surface area contributed by atoms with E-state index in [0.29, 0.717) is 17.2 Å². The molecule has 28 heavy (non-hydrogen) atoms. The zero-order valence-corrected chi connectivity index (χ0v) is 15.6. The number of ether oxygens (including phenoxy) is 2. The third-order valence-electron chi connectivity index (χ3n) is 4.19. The number of anilines is 2. The molecule has 1 aliphatic rings. The molecule has 8 heteroatoms. The Labute approximate surface area is 162 Å². The van der Waals surface area contributed by atoms with Gasteiger partial charge in [-0.2, -0.15) is 0 Å². The average Bonchev–Trinajstić information content (AvgIpc) is 2.83. The molecule has 0 unspecified atom stereocenters. The van der Waals surface area contributed by atoms with E-state index in [1.54, 1.807) is 48.5 Å². The molecule has 0 fully saturated rings. The van der Waals surface area contributed by atoms with Crippen LogP contribution in [0.3, 0.4) is 0 Å². The molecule has 1 aliphatic heterocycles. The molecule has 0 aliphatic carbocycles. The van der Waals surface area contributed by atoms with Crippen LogP contribution in [0.5, 0.6) is 17.2 Å². The lowest BCUT2D eigenvalue weighted by Gasteiger charge is -2.13. The van der Waals surface area contributed by atoms with Crippen molar-refractivity contribution in [2.24, 2.45) is 0 Å². The molecule has 0 radical (unpaired) electrons. The maximum atomic E-state index is 12.8. The Bertz CT molecular complexity index is 1170. The van der Waals surface area contributed by atoms with Crippen LogP contribution in [0.25, 0.3) is 0 Å². The van der Waals surface area contributed by atoms with Gasteiger partial charge in [0.25, 0.3) is 15.9 Å². The van der Waals surface area contributed by atoms with E-state index in [1.807, 2.05) is 0 Å². The van der Waals surface area contributed by atoms with Crippen LogP contribution in [0, 0.1) is 0 Å². The number of sulfonamides is 1. The Hall–Kier alpha value is -3.52. The number of hydrogen-bond donors (Lipinski definition) is 2. The van der Waals surface area contributed by atoms with Gasteiger partial charge in [-0.1, -0.05) is 24.3 Å². The second-order valence-electron chi connectivity index (χ2n) is 6.02. The van der Waals surface area contributed by atoms with Crippen LogP contribution < -0.4 is 19.5 Å². The number of hydrogen-bond acceptors (Lipinski definition) is 5. The first-order valence-corrected chi connectivity index (χ1v) is 9.84. The summed E-state index contributed by atoms with van der Waals surface area (Å²) in [5.74, 6) is 0.680. The third-order valence-corrected chi connectivity index (χ3v) is 5.61. The summed E-state index contributed by atoms with van der Waals surface area (Å²) in [7, 11) is -2.51. The highest BCUT2D eigenvalue weighted by atomic mass is 32.2. The Balaban J connectivity index is 1.69. The number of nitrogens with one attached hydrogen (secondary N) is 2. The Morgan fingerprint density at radius 1 is 0.964 bits per heavy atom. The molecular weight excluding hydrogens is 380 g/mol. The molecule has 142 valence electrons. The first-order valence-electron chi connectivity index (χ1n) is 8.36. The maximum Gasteiger partial charge on any atom is 0.265 e. The van der Waals surface area contributed by atoms with Crippen LogP contribution in [0.2, 0.25) is 0 Å². The van der Waals surface area contributed by atoms with Crippen molar-refractivity contribution in [1.29, 1.82) is 0 Å². The van der Waals surface area contributed by atoms with Gasteiger partial charge in [-0.25, -0.2) is 8.42 Å². The van der Waals surface area contributed by atoms with Gasteiger partial charge >= 0.3 is 0 Å². The van der Waals surface area contributed by atoms with Crippen LogP contribution >= 0.6 is 0 Å². The highest BCUT2D eigenvalue weighted by Crippen LogP contribution is 2.36. The lowest BCUT2D eigenvalue weighted by Crippen LogP contribution is -2.15. The molecule has 1 amide bonds. The smallest absolute Gasteiger partial charge is 0.265 e. The predicted octanol–water partition coefficient (Wildman–Crippen LogP) is 3.85. The van der Waals surface area contributed by atoms with Crippen LogP contribution in [0.4, 0.5) is 11.4 Å². The number of carbonyl (C=O) groups is 1. The van der Waals surface area contributed by atoms with Gasteiger partial charge in [0, 0.05) is 5.69 Å². The molecule has 3 aromatic rings. The van der Waals surface area contributed by atoms with E-state index >= 15 is 0 Å². The van der Waals surface area contributed by atoms with Crippen LogP contribution in [-0.2, 0) is 10.0 Å². The van der Waals surface area contributed by atoms with Gasteiger partial charge in [0.05, 0.1) is 18.4 Å². The molecule has 4 rings (SSSR count). The third kappa shape index (κ3) is 3.25. The molecule has 2 N–H and O–H groups in total. The summed E-state index contributed by atoms with van der Waals surface area (Å²) in [5, 5.41) is 2.76. The summed E-state index contributed by atoms with van der Waals surface area (Å²) < 4.78 is 38.9. The summed E-state index contributed by atoms with van der Waals surface area (Å²) >= 11 is 0. The van der Waals surface area contributed by atoms with Gasteiger partial charge in [0.2, 0.25) is 0 Å². The molecule has 0 aromatic heterocycles. The largest absolute Gasteiger partial charge is 0.495 e. The summed E-state index contributed by atoms with van der Waals surface area (Å²) in [6.07, 6.45) is 0. The zero-order chi connectivity index (χ0) is 19.7. The summed E-state index contributed by atoms with van der Waals surface area (Å²) in [4.78, 5) is 12.6. The van der Waals surface area contributed by atoms with Gasteiger partial charge < -0.3 is 14.8 Å². The highest BCUT2D eigenvalue weighted by Gasteiger charge is 2.23. The summed E-state index contributed by atoms with van der Waals surface area (Å²) in [6.45, 7) is 0. The number of rotatable bonds is 4. The number of amides is 1. The van der Waals surface area contributed by atoms with Crippen molar-refractivity contribution < 1.29 is 22.7 Å². The molecule has 0 bridgehead atoms. The van der Waals surface area contributed by atoms with E-state index in [1.165, 1.54) is 25.3 Å². The van der Waals surface area contributed by atoms with Gasteiger partial charge in [-0.3, -0.25) is 9.52 Å². The van der Waals surface area contributed by atoms with E-state index in [9.17, 15) is 13.2 Å². The second-order valence-corrected chi connectivity index (χ2v) is 7.67. The summed E-state index contributed by atoms with van der Waals surface area (Å²) in [5.41, 5.74) is 0.991. The number of para-hydroxylation sites is 3. The molecule has 0 spiro atoms. The molecule has 0 saturated carbocycles. The normalized spacial score (nSPS) is 12.7. The Kier molecular flexibility index (Phi) is 4.40. The summed E-state index contributed by atoms with van der Waals surface area (Å²) in [6, 6.07) is 17.9. The van der Waals surface area contributed by atoms with Crippen molar-refractivity contribution in [1.82, 2.24) is 0 Å². The number of benzene rings is 3. The van der Waals surface area contributed by atoms with Crippen molar-refractivity contribution in [2.45, 2.75) is 4.90 Å². The molecule has 0 saturated heterocycles. The molecule has 1 heterocycles. The molecule has 7 nitrogen and oxygen atoms in total. The lowest BCUT2D eigenvalue weighted by molar-refractivity contribution is 0.102. The fourth-order valence-electron chi connectivity index (χ4n) is 2.88. The van der Waals surface area contributed by atoms with Gasteiger partial charge in [0.1, 0.15) is 16.4 Å². The lowest BCUT2D eigenvalue weighted by atomic mass is 10.1. The van der Waals surface area contributed by atoms with E-state index < -0.39 is 15.9 Å². The van der Waals surface area contributed by atoms with Gasteiger partial charge in [-0.15, -0.1) is 0 Å². The fourth-order valence-corrected chi connectivity index (χ4v) is 4.10. The fraction of sp³-hybridized carbons (Fsp3) is 0.0500. The number of methoxy groups -OCH3 is 1. The standard InChI is InChI=1S/C20H16N2O5S/c1-26-18-8-4-5-9-19(18)28(24,25)22-13-10-11-16-14(12-13)20(23)21-15-6-2-3-7-17(15)27-16/h2-12,22H,1H3,(H,21,23). The first-order chi connectivity index (χ1) is 13.5. The second kappa shape index (κ2) is 6.90. The van der Waals surface area contributed by atoms with Crippen molar-refractivity contribution in [3.05, 3.63) is 72.3 Å². The van der Waals surface area contributed by atoms with Crippen molar-refractivity contribution in [3.63, 3.8) is 0 Å². The van der Waals surface area contributed by atoms with Crippen molar-refractivity contribution in [3.8, 4) is 17.2 Å². The van der Waals surface area contributed by atoms with Crippen LogP contribution in [0.15, 0.2) is 71.6 Å². The van der Waals surface area contributed by atoms with E-state index in [2.05, 4.69) is 10.0 Å². The molecule has 3 aromatic carbocycles. The molecule has 0 atom stereocenters. The first kappa shape index (κ1) is 17.9. The SMILES string of the molecule is COc1ccccc1S(=O)(=O)Nc1ccc2c(c1)C(=O)Nc1ccccc1O2. The van der Waals surface area contributed by atoms with Crippen LogP contribution in [0.1, 0.15) is 10.4 Å². The number of carbonyl (C=O) groups excluding carboxylic acids is 1. The van der Waals surface area contributed by atoms with E-state index in [0.717, 1.165) is 0 Å². The Morgan fingerprint density at radius 3 is 2.54 bits per heavy atom. The quantitative estimate of drug-likeness (QED) is 0.699. The predicted molar refractivity (Wildman–Crippen MR) is 105 cm³/mol. The van der Waals surface area contributed by atoms with Crippen molar-refractivity contribution >= 4 is 27.3 Å². The highest BCUT2D eigenvalue weighted by molar-refractivity contribution is 7.92. The molecular formula is C20H16N2O5S. The van der Waals surface area contributed by atoms with E-state index in [4.69, 9.17) is 9.47 Å². The van der Waals surface area contributed by atoms with Crippen molar-refractivity contribution in [2.75, 3.05) is 17.1 Å². The zero-order valence-electron chi connectivity index (χ0n) is 14.8. The van der Waals surface area contributed by atoms with Gasteiger partial charge in [-0.05, 0) is 42.5 Å². The topological polar surface area (TPSA) is 93.7 Å². The minimum atomic E-state index is -3.91. The van der Waals surface area contributed by atoms with Crippen LogP contribution in [-0.4, -0.2) is 21.4 Å². The minimum Gasteiger partial charge on any atom is -0.495 e. The van der Waals surface area contributed by atoms with E-state index in [-0.39, 0.29) is 21.9 Å². The number of fused-ring (bicyclic) bond motifs is 2.